The molecule has 0 aromatic carbocycles. The molecule has 0 amide bonds. The Labute approximate surface area is 126 Å². The zero-order valence-corrected chi connectivity index (χ0v) is 13.4. The molecule has 1 aromatic heterocycles. The normalized spacial score (nSPS) is 21.3. The van der Waals surface area contributed by atoms with Crippen LogP contribution in [-0.4, -0.2) is 54.8 Å². The van der Waals surface area contributed by atoms with Gasteiger partial charge in [0.05, 0.1) is 6.10 Å². The molecule has 1 saturated heterocycles. The molecule has 2 rings (SSSR count). The summed E-state index contributed by atoms with van der Waals surface area (Å²) in [5.74, 6) is 2.40. The van der Waals surface area contributed by atoms with Crippen LogP contribution >= 0.6 is 0 Å². The van der Waals surface area contributed by atoms with E-state index in [1.54, 1.807) is 0 Å². The Balaban J connectivity index is 2.04. The molecule has 2 N–H and O–H groups in total. The fraction of sp³-hybridized carbons (Fsp3) is 0.786. The van der Waals surface area contributed by atoms with Crippen molar-refractivity contribution in [2.24, 2.45) is 5.92 Å². The Morgan fingerprint density at radius 3 is 2.48 bits per heavy atom. The minimum absolute atomic E-state index is 0.348. The summed E-state index contributed by atoms with van der Waals surface area (Å²) in [6, 6.07) is 0. The highest BCUT2D eigenvalue weighted by atomic mass is 16.5. The van der Waals surface area contributed by atoms with Gasteiger partial charge in [-0.3, -0.25) is 0 Å². The maximum absolute atomic E-state index is 5.71. The summed E-state index contributed by atoms with van der Waals surface area (Å²) < 4.78 is 5.71. The predicted octanol–water partition coefficient (Wildman–Crippen LogP) is 1.60. The minimum atomic E-state index is 0.348. The lowest BCUT2D eigenvalue weighted by atomic mass is 10.00. The Morgan fingerprint density at radius 2 is 1.86 bits per heavy atom. The molecule has 7 nitrogen and oxygen atoms in total. The Morgan fingerprint density at radius 1 is 1.14 bits per heavy atom. The van der Waals surface area contributed by atoms with Gasteiger partial charge in [-0.2, -0.15) is 15.0 Å². The third-order valence-corrected chi connectivity index (χ3v) is 3.63. The SMILES string of the molecule is CCNc1nc(NCC2CCOC2CC)nc(N(C)C)n1. The molecule has 0 saturated carbocycles. The first-order valence-electron chi connectivity index (χ1n) is 7.66. The van der Waals surface area contributed by atoms with Crippen LogP contribution in [0.15, 0.2) is 0 Å². The van der Waals surface area contributed by atoms with Gasteiger partial charge in [0.2, 0.25) is 17.8 Å². The van der Waals surface area contributed by atoms with Crippen LogP contribution in [0, 0.1) is 5.92 Å². The first-order valence-corrected chi connectivity index (χ1v) is 7.66. The fourth-order valence-electron chi connectivity index (χ4n) is 2.48. The summed E-state index contributed by atoms with van der Waals surface area (Å²) in [6.45, 7) is 6.66. The standard InChI is InChI=1S/C14H26N6O/c1-5-11-10(7-8-21-11)9-16-13-17-12(15-6-2)18-14(19-13)20(3)4/h10-11H,5-9H2,1-4H3,(H2,15,16,17,18,19). The van der Waals surface area contributed by atoms with Crippen molar-refractivity contribution in [1.29, 1.82) is 0 Å². The van der Waals surface area contributed by atoms with Crippen LogP contribution < -0.4 is 15.5 Å². The van der Waals surface area contributed by atoms with Crippen LogP contribution in [0.1, 0.15) is 26.7 Å². The number of anilines is 3. The molecule has 2 heterocycles. The zero-order chi connectivity index (χ0) is 15.2. The van der Waals surface area contributed by atoms with Crippen molar-refractivity contribution >= 4 is 17.8 Å². The highest BCUT2D eigenvalue weighted by Gasteiger charge is 2.26. The van der Waals surface area contributed by atoms with Crippen LogP contribution in [-0.2, 0) is 4.74 Å². The number of hydrogen-bond acceptors (Lipinski definition) is 7. The largest absolute Gasteiger partial charge is 0.378 e. The maximum atomic E-state index is 5.71. The zero-order valence-electron chi connectivity index (χ0n) is 13.4. The van der Waals surface area contributed by atoms with Gasteiger partial charge in [0.25, 0.3) is 0 Å². The number of nitrogens with one attached hydrogen (secondary N) is 2. The second-order valence-electron chi connectivity index (χ2n) is 5.45. The van der Waals surface area contributed by atoms with Gasteiger partial charge in [0, 0.05) is 39.7 Å². The van der Waals surface area contributed by atoms with E-state index in [0.717, 1.165) is 32.5 Å². The average molecular weight is 294 g/mol. The van der Waals surface area contributed by atoms with Gasteiger partial charge in [-0.1, -0.05) is 6.92 Å². The molecule has 1 aliphatic rings. The van der Waals surface area contributed by atoms with Crippen molar-refractivity contribution in [2.45, 2.75) is 32.8 Å². The van der Waals surface area contributed by atoms with E-state index in [-0.39, 0.29) is 0 Å². The lowest BCUT2D eigenvalue weighted by Crippen LogP contribution is -2.24. The van der Waals surface area contributed by atoms with E-state index in [4.69, 9.17) is 4.74 Å². The van der Waals surface area contributed by atoms with E-state index >= 15 is 0 Å². The van der Waals surface area contributed by atoms with E-state index in [9.17, 15) is 0 Å². The molecule has 21 heavy (non-hydrogen) atoms. The summed E-state index contributed by atoms with van der Waals surface area (Å²) in [5, 5.41) is 6.47. The van der Waals surface area contributed by atoms with Crippen LogP contribution in [0.2, 0.25) is 0 Å². The molecule has 1 aliphatic heterocycles. The second kappa shape index (κ2) is 7.40. The Hall–Kier alpha value is -1.63. The van der Waals surface area contributed by atoms with Crippen molar-refractivity contribution in [3.05, 3.63) is 0 Å². The van der Waals surface area contributed by atoms with Crippen molar-refractivity contribution < 1.29 is 4.74 Å². The molecule has 1 aromatic rings. The molecule has 1 fully saturated rings. The van der Waals surface area contributed by atoms with E-state index < -0.39 is 0 Å². The van der Waals surface area contributed by atoms with E-state index in [2.05, 4.69) is 32.5 Å². The summed E-state index contributed by atoms with van der Waals surface area (Å²) in [5.41, 5.74) is 0. The van der Waals surface area contributed by atoms with Crippen molar-refractivity contribution in [2.75, 3.05) is 49.3 Å². The van der Waals surface area contributed by atoms with Crippen LogP contribution in [0.25, 0.3) is 0 Å². The van der Waals surface area contributed by atoms with Gasteiger partial charge in [0.15, 0.2) is 0 Å². The fourth-order valence-corrected chi connectivity index (χ4v) is 2.48. The summed E-state index contributed by atoms with van der Waals surface area (Å²) in [7, 11) is 3.85. The molecule has 0 radical (unpaired) electrons. The third kappa shape index (κ3) is 4.17. The van der Waals surface area contributed by atoms with Crippen molar-refractivity contribution in [1.82, 2.24) is 15.0 Å². The lowest BCUT2D eigenvalue weighted by Gasteiger charge is -2.18. The summed E-state index contributed by atoms with van der Waals surface area (Å²) >= 11 is 0. The average Bonchev–Trinajstić information content (AvgIpc) is 2.92. The second-order valence-corrected chi connectivity index (χ2v) is 5.45. The highest BCUT2D eigenvalue weighted by Crippen LogP contribution is 2.23. The number of ether oxygens (including phenoxy) is 1. The summed E-state index contributed by atoms with van der Waals surface area (Å²) in [4.78, 5) is 15.1. The molecular weight excluding hydrogens is 268 g/mol. The molecule has 0 aliphatic carbocycles. The quantitative estimate of drug-likeness (QED) is 0.791. The molecule has 2 atom stereocenters. The van der Waals surface area contributed by atoms with E-state index in [1.807, 2.05) is 25.9 Å². The molecule has 118 valence electrons. The lowest BCUT2D eigenvalue weighted by molar-refractivity contribution is 0.0900. The predicted molar refractivity (Wildman–Crippen MR) is 84.9 cm³/mol. The molecular formula is C14H26N6O. The topological polar surface area (TPSA) is 75.2 Å². The Kier molecular flexibility index (Phi) is 5.55. The molecule has 0 spiro atoms. The number of hydrogen-bond donors (Lipinski definition) is 2. The van der Waals surface area contributed by atoms with Gasteiger partial charge >= 0.3 is 0 Å². The maximum Gasteiger partial charge on any atom is 0.231 e. The van der Waals surface area contributed by atoms with Crippen LogP contribution in [0.3, 0.4) is 0 Å². The van der Waals surface area contributed by atoms with E-state index in [0.29, 0.717) is 29.9 Å². The highest BCUT2D eigenvalue weighted by molar-refractivity contribution is 5.42. The molecule has 2 unspecified atom stereocenters. The van der Waals surface area contributed by atoms with Gasteiger partial charge in [-0.25, -0.2) is 0 Å². The van der Waals surface area contributed by atoms with Crippen molar-refractivity contribution in [3.63, 3.8) is 0 Å². The van der Waals surface area contributed by atoms with Crippen molar-refractivity contribution in [3.8, 4) is 0 Å². The first kappa shape index (κ1) is 15.8. The minimum Gasteiger partial charge on any atom is -0.378 e. The van der Waals surface area contributed by atoms with Gasteiger partial charge in [0.1, 0.15) is 0 Å². The van der Waals surface area contributed by atoms with Crippen LogP contribution in [0.4, 0.5) is 17.8 Å². The smallest absolute Gasteiger partial charge is 0.231 e. The van der Waals surface area contributed by atoms with E-state index in [1.165, 1.54) is 0 Å². The number of aromatic nitrogens is 3. The van der Waals surface area contributed by atoms with Crippen LogP contribution in [0.5, 0.6) is 0 Å². The monoisotopic (exact) mass is 294 g/mol. The summed E-state index contributed by atoms with van der Waals surface area (Å²) in [6.07, 6.45) is 2.49. The Bertz CT molecular complexity index is 453. The third-order valence-electron chi connectivity index (χ3n) is 3.63. The number of nitrogens with zero attached hydrogens (tertiary/aromatic N) is 4. The van der Waals surface area contributed by atoms with Gasteiger partial charge < -0.3 is 20.3 Å². The number of rotatable bonds is 7. The van der Waals surface area contributed by atoms with Gasteiger partial charge in [-0.15, -0.1) is 0 Å². The first-order chi connectivity index (χ1) is 10.1. The molecule has 7 heteroatoms. The van der Waals surface area contributed by atoms with Gasteiger partial charge in [-0.05, 0) is 19.8 Å². The molecule has 0 bridgehead atoms.